The highest BCUT2D eigenvalue weighted by Crippen LogP contribution is 2.51. The first-order chi connectivity index (χ1) is 8.52. The Kier molecular flexibility index (Phi) is 4.51. The van der Waals surface area contributed by atoms with Crippen LogP contribution in [0.4, 0.5) is 13.2 Å². The highest BCUT2D eigenvalue weighted by Gasteiger charge is 2.58. The van der Waals surface area contributed by atoms with E-state index >= 15 is 0 Å². The zero-order valence-electron chi connectivity index (χ0n) is 11.6. The average Bonchev–Trinajstić information content (AvgIpc) is 2.26. The van der Waals surface area contributed by atoms with E-state index in [4.69, 9.17) is 4.74 Å². The summed E-state index contributed by atoms with van der Waals surface area (Å²) in [4.78, 5) is 11.5. The smallest absolute Gasteiger partial charge is 0.378 e. The first-order valence-corrected chi connectivity index (χ1v) is 6.14. The molecule has 19 heavy (non-hydrogen) atoms. The number of amides is 1. The molecule has 0 unspecified atom stereocenters. The predicted octanol–water partition coefficient (Wildman–Crippen LogP) is 1.46. The molecule has 0 spiro atoms. The number of rotatable bonds is 5. The summed E-state index contributed by atoms with van der Waals surface area (Å²) in [5, 5.41) is 4.81. The van der Waals surface area contributed by atoms with Crippen molar-refractivity contribution >= 4 is 5.91 Å². The molecule has 112 valence electrons. The molecule has 2 atom stereocenters. The number of methoxy groups -OCH3 is 1. The Morgan fingerprint density at radius 2 is 1.95 bits per heavy atom. The van der Waals surface area contributed by atoms with Gasteiger partial charge in [0.2, 0.25) is 5.91 Å². The number of carbonyl (C=O) groups is 1. The predicted molar refractivity (Wildman–Crippen MR) is 64.7 cm³/mol. The van der Waals surface area contributed by atoms with E-state index in [0.717, 1.165) is 0 Å². The monoisotopic (exact) mass is 282 g/mol. The lowest BCUT2D eigenvalue weighted by atomic mass is 9.56. The summed E-state index contributed by atoms with van der Waals surface area (Å²) in [6.45, 7) is 4.39. The highest BCUT2D eigenvalue weighted by molar-refractivity contribution is 5.78. The summed E-state index contributed by atoms with van der Waals surface area (Å²) < 4.78 is 41.1. The van der Waals surface area contributed by atoms with Crippen molar-refractivity contribution in [2.24, 2.45) is 5.41 Å². The van der Waals surface area contributed by atoms with Gasteiger partial charge in [-0.1, -0.05) is 13.8 Å². The molecule has 2 N–H and O–H groups in total. The van der Waals surface area contributed by atoms with Gasteiger partial charge in [-0.05, 0) is 13.3 Å². The van der Waals surface area contributed by atoms with E-state index in [1.807, 2.05) is 20.8 Å². The van der Waals surface area contributed by atoms with Crippen LogP contribution in [0.15, 0.2) is 0 Å². The largest absolute Gasteiger partial charge is 0.401 e. The third-order valence-electron chi connectivity index (χ3n) is 4.22. The SMILES string of the molecule is CO[C@@]1(C)C[C@H](NC(=O)CNCC(F)(F)F)C1(C)C. The number of nitrogens with one attached hydrogen (secondary N) is 2. The Hall–Kier alpha value is -0.820. The van der Waals surface area contributed by atoms with Crippen LogP contribution in [0.5, 0.6) is 0 Å². The number of carbonyl (C=O) groups excluding carboxylic acids is 1. The van der Waals surface area contributed by atoms with Gasteiger partial charge < -0.3 is 15.4 Å². The molecule has 7 heteroatoms. The molecule has 4 nitrogen and oxygen atoms in total. The highest BCUT2D eigenvalue weighted by atomic mass is 19.4. The summed E-state index contributed by atoms with van der Waals surface area (Å²) in [5.74, 6) is -0.430. The molecule has 1 aliphatic rings. The molecule has 0 heterocycles. The van der Waals surface area contributed by atoms with Gasteiger partial charge in [0.15, 0.2) is 0 Å². The van der Waals surface area contributed by atoms with Gasteiger partial charge in [-0.15, -0.1) is 0 Å². The summed E-state index contributed by atoms with van der Waals surface area (Å²) in [7, 11) is 1.62. The molecule has 1 aliphatic carbocycles. The normalized spacial score (nSPS) is 29.7. The zero-order valence-corrected chi connectivity index (χ0v) is 11.6. The van der Waals surface area contributed by atoms with Gasteiger partial charge >= 0.3 is 6.18 Å². The van der Waals surface area contributed by atoms with Crippen LogP contribution >= 0.6 is 0 Å². The van der Waals surface area contributed by atoms with Gasteiger partial charge in [-0.3, -0.25) is 4.79 Å². The first-order valence-electron chi connectivity index (χ1n) is 6.14. The zero-order chi connectivity index (χ0) is 14.9. The van der Waals surface area contributed by atoms with E-state index in [1.54, 1.807) is 7.11 Å². The molecular weight excluding hydrogens is 261 g/mol. The molecule has 0 bridgehead atoms. The van der Waals surface area contributed by atoms with Crippen LogP contribution in [0.3, 0.4) is 0 Å². The molecule has 0 aromatic rings. The Morgan fingerprint density at radius 3 is 2.37 bits per heavy atom. The van der Waals surface area contributed by atoms with E-state index in [0.29, 0.717) is 6.42 Å². The van der Waals surface area contributed by atoms with Crippen molar-refractivity contribution in [3.8, 4) is 0 Å². The fourth-order valence-electron chi connectivity index (χ4n) is 2.29. The van der Waals surface area contributed by atoms with Crippen LogP contribution in [0, 0.1) is 5.41 Å². The van der Waals surface area contributed by atoms with Gasteiger partial charge in [0.1, 0.15) is 0 Å². The fraction of sp³-hybridized carbons (Fsp3) is 0.917. The Morgan fingerprint density at radius 1 is 1.37 bits per heavy atom. The maximum absolute atomic E-state index is 11.9. The van der Waals surface area contributed by atoms with E-state index < -0.39 is 18.6 Å². The Labute approximate surface area is 111 Å². The van der Waals surface area contributed by atoms with E-state index in [2.05, 4.69) is 10.6 Å². The molecule has 1 fully saturated rings. The number of alkyl halides is 3. The topological polar surface area (TPSA) is 50.4 Å². The maximum atomic E-state index is 11.9. The van der Waals surface area contributed by atoms with Crippen molar-refractivity contribution in [3.05, 3.63) is 0 Å². The lowest BCUT2D eigenvalue weighted by molar-refractivity contribution is -0.182. The maximum Gasteiger partial charge on any atom is 0.401 e. The molecule has 1 amide bonds. The number of ether oxygens (including phenoxy) is 1. The van der Waals surface area contributed by atoms with Gasteiger partial charge in [0.05, 0.1) is 18.7 Å². The van der Waals surface area contributed by atoms with Gasteiger partial charge in [0.25, 0.3) is 0 Å². The lowest BCUT2D eigenvalue weighted by Gasteiger charge is -2.59. The average molecular weight is 282 g/mol. The molecule has 0 aliphatic heterocycles. The molecule has 1 saturated carbocycles. The second-order valence-electron chi connectivity index (χ2n) is 5.70. The first kappa shape index (κ1) is 16.2. The lowest BCUT2D eigenvalue weighted by Crippen LogP contribution is -2.69. The van der Waals surface area contributed by atoms with E-state index in [1.165, 1.54) is 0 Å². The number of halogens is 3. The molecular formula is C12H21F3N2O2. The van der Waals surface area contributed by atoms with Crippen LogP contribution < -0.4 is 10.6 Å². The van der Waals surface area contributed by atoms with Crippen molar-refractivity contribution in [3.63, 3.8) is 0 Å². The van der Waals surface area contributed by atoms with Gasteiger partial charge in [0, 0.05) is 18.6 Å². The van der Waals surface area contributed by atoms with Crippen molar-refractivity contribution < 1.29 is 22.7 Å². The third-order valence-corrected chi connectivity index (χ3v) is 4.22. The minimum absolute atomic E-state index is 0.0855. The van der Waals surface area contributed by atoms with Gasteiger partial charge in [-0.2, -0.15) is 13.2 Å². The molecule has 0 radical (unpaired) electrons. The second-order valence-corrected chi connectivity index (χ2v) is 5.70. The molecule has 0 aromatic carbocycles. The van der Waals surface area contributed by atoms with Crippen LogP contribution in [-0.4, -0.2) is 43.9 Å². The Bertz CT molecular complexity index is 344. The standard InChI is InChI=1S/C12H21F3N2O2/c1-10(2)8(5-11(10,3)19-4)17-9(18)6-16-7-12(13,14)15/h8,16H,5-7H2,1-4H3,(H,17,18)/t8-,11-/m0/s1. The summed E-state index contributed by atoms with van der Waals surface area (Å²) in [6, 6.07) is -0.0855. The Balaban J connectivity index is 2.36. The van der Waals surface area contributed by atoms with E-state index in [9.17, 15) is 18.0 Å². The summed E-state index contributed by atoms with van der Waals surface area (Å²) >= 11 is 0. The molecule has 0 aromatic heterocycles. The molecule has 0 saturated heterocycles. The minimum Gasteiger partial charge on any atom is -0.378 e. The van der Waals surface area contributed by atoms with Crippen molar-refractivity contribution in [2.45, 2.75) is 45.0 Å². The third kappa shape index (κ3) is 3.60. The quantitative estimate of drug-likeness (QED) is 0.802. The van der Waals surface area contributed by atoms with Crippen LogP contribution in [0.1, 0.15) is 27.2 Å². The van der Waals surface area contributed by atoms with Crippen molar-refractivity contribution in [1.82, 2.24) is 10.6 Å². The van der Waals surface area contributed by atoms with Crippen LogP contribution in [0.2, 0.25) is 0 Å². The molecule has 1 rings (SSSR count). The van der Waals surface area contributed by atoms with Crippen molar-refractivity contribution in [1.29, 1.82) is 0 Å². The van der Waals surface area contributed by atoms with Crippen molar-refractivity contribution in [2.75, 3.05) is 20.2 Å². The van der Waals surface area contributed by atoms with E-state index in [-0.39, 0.29) is 23.6 Å². The van der Waals surface area contributed by atoms with Crippen LogP contribution in [0.25, 0.3) is 0 Å². The van der Waals surface area contributed by atoms with Gasteiger partial charge in [-0.25, -0.2) is 0 Å². The van der Waals surface area contributed by atoms with Crippen LogP contribution in [-0.2, 0) is 9.53 Å². The summed E-state index contributed by atoms with van der Waals surface area (Å²) in [5.41, 5.74) is -0.564. The minimum atomic E-state index is -4.30. The summed E-state index contributed by atoms with van der Waals surface area (Å²) in [6.07, 6.45) is -3.65. The number of hydrogen-bond acceptors (Lipinski definition) is 3. The number of hydrogen-bond donors (Lipinski definition) is 2. The fourth-order valence-corrected chi connectivity index (χ4v) is 2.29. The second kappa shape index (κ2) is 5.28.